The van der Waals surface area contributed by atoms with Crippen LogP contribution in [0.25, 0.3) is 0 Å². The maximum absolute atomic E-state index is 9.98. The van der Waals surface area contributed by atoms with Crippen molar-refractivity contribution in [3.63, 3.8) is 0 Å². The van der Waals surface area contributed by atoms with E-state index in [0.717, 1.165) is 25.6 Å². The van der Waals surface area contributed by atoms with Crippen molar-refractivity contribution in [2.75, 3.05) is 13.1 Å². The molecule has 1 N–H and O–H groups in total. The van der Waals surface area contributed by atoms with Crippen LogP contribution in [0.4, 0.5) is 0 Å². The lowest BCUT2D eigenvalue weighted by Gasteiger charge is -2.45. The van der Waals surface area contributed by atoms with E-state index in [9.17, 15) is 5.11 Å². The molecule has 94 valence electrons. The molecule has 1 aliphatic heterocycles. The van der Waals surface area contributed by atoms with E-state index in [-0.39, 0.29) is 11.5 Å². The van der Waals surface area contributed by atoms with Gasteiger partial charge in [-0.2, -0.15) is 0 Å². The number of nitrogens with zero attached hydrogens (tertiary/aromatic N) is 1. The number of hydrogen-bond acceptors (Lipinski definition) is 2. The van der Waals surface area contributed by atoms with Crippen molar-refractivity contribution >= 4 is 0 Å². The van der Waals surface area contributed by atoms with Crippen molar-refractivity contribution in [3.05, 3.63) is 0 Å². The molecule has 1 aliphatic carbocycles. The predicted octanol–water partition coefficient (Wildman–Crippen LogP) is 2.80. The molecule has 2 fully saturated rings. The fourth-order valence-corrected chi connectivity index (χ4v) is 3.32. The average molecular weight is 225 g/mol. The van der Waals surface area contributed by atoms with Gasteiger partial charge in [0, 0.05) is 24.5 Å². The average Bonchev–Trinajstić information content (AvgIpc) is 2.50. The fraction of sp³-hybridized carbons (Fsp3) is 1.00. The highest BCUT2D eigenvalue weighted by Gasteiger charge is 2.36. The molecule has 0 aromatic heterocycles. The van der Waals surface area contributed by atoms with Crippen LogP contribution in [-0.4, -0.2) is 35.2 Å². The van der Waals surface area contributed by atoms with Gasteiger partial charge in [0.05, 0.1) is 6.10 Å². The molecule has 1 saturated carbocycles. The summed E-state index contributed by atoms with van der Waals surface area (Å²) in [5, 5.41) is 9.98. The van der Waals surface area contributed by atoms with Crippen molar-refractivity contribution in [2.24, 2.45) is 5.41 Å². The second-order valence-corrected chi connectivity index (χ2v) is 6.41. The summed E-state index contributed by atoms with van der Waals surface area (Å²) >= 11 is 0. The zero-order valence-corrected chi connectivity index (χ0v) is 10.9. The van der Waals surface area contributed by atoms with Gasteiger partial charge in [-0.05, 0) is 19.3 Å². The molecule has 1 heterocycles. The predicted molar refractivity (Wildman–Crippen MR) is 67.5 cm³/mol. The maximum Gasteiger partial charge on any atom is 0.0615 e. The van der Waals surface area contributed by atoms with E-state index in [1.807, 2.05) is 0 Å². The molecular weight excluding hydrogens is 198 g/mol. The summed E-state index contributed by atoms with van der Waals surface area (Å²) in [6, 6.07) is 0.800. The number of piperidine rings is 1. The van der Waals surface area contributed by atoms with E-state index in [4.69, 9.17) is 0 Å². The van der Waals surface area contributed by atoms with E-state index in [1.54, 1.807) is 0 Å². The van der Waals surface area contributed by atoms with E-state index in [1.165, 1.54) is 38.5 Å². The Morgan fingerprint density at radius 3 is 2.19 bits per heavy atom. The molecular formula is C14H27NO. The Balaban J connectivity index is 1.94. The van der Waals surface area contributed by atoms with Gasteiger partial charge in [0.1, 0.15) is 0 Å². The van der Waals surface area contributed by atoms with E-state index >= 15 is 0 Å². The second kappa shape index (κ2) is 5.05. The van der Waals surface area contributed by atoms with Gasteiger partial charge in [-0.25, -0.2) is 0 Å². The zero-order chi connectivity index (χ0) is 11.6. The Labute approximate surface area is 100 Å². The van der Waals surface area contributed by atoms with Crippen LogP contribution in [0.1, 0.15) is 58.8 Å². The Hall–Kier alpha value is -0.0800. The molecule has 0 radical (unpaired) electrons. The molecule has 2 rings (SSSR count). The van der Waals surface area contributed by atoms with Crippen LogP contribution in [-0.2, 0) is 0 Å². The van der Waals surface area contributed by atoms with Crippen LogP contribution in [0.2, 0.25) is 0 Å². The SMILES string of the molecule is CC1(C)CN(C2CCCCCC2)CCC1O. The Kier molecular flexibility index (Phi) is 3.91. The van der Waals surface area contributed by atoms with Crippen LogP contribution in [0, 0.1) is 5.41 Å². The summed E-state index contributed by atoms with van der Waals surface area (Å²) in [5.41, 5.74) is 0.0879. The Morgan fingerprint density at radius 1 is 1.00 bits per heavy atom. The lowest BCUT2D eigenvalue weighted by Crippen LogP contribution is -2.52. The molecule has 1 unspecified atom stereocenters. The van der Waals surface area contributed by atoms with Crippen LogP contribution in [0.3, 0.4) is 0 Å². The number of rotatable bonds is 1. The number of hydrogen-bond donors (Lipinski definition) is 1. The van der Waals surface area contributed by atoms with Gasteiger partial charge < -0.3 is 5.11 Å². The standard InChI is InChI=1S/C14H27NO/c1-14(2)11-15(10-9-13(14)16)12-7-5-3-4-6-8-12/h12-13,16H,3-11H2,1-2H3. The molecule has 2 aliphatic rings. The van der Waals surface area contributed by atoms with Crippen LogP contribution >= 0.6 is 0 Å². The molecule has 16 heavy (non-hydrogen) atoms. The largest absolute Gasteiger partial charge is 0.392 e. The third-order valence-corrected chi connectivity index (χ3v) is 4.54. The summed E-state index contributed by atoms with van der Waals surface area (Å²) in [6.07, 6.45) is 9.29. The van der Waals surface area contributed by atoms with Gasteiger partial charge >= 0.3 is 0 Å². The lowest BCUT2D eigenvalue weighted by molar-refractivity contribution is -0.0400. The summed E-state index contributed by atoms with van der Waals surface area (Å²) < 4.78 is 0. The second-order valence-electron chi connectivity index (χ2n) is 6.41. The summed E-state index contributed by atoms with van der Waals surface area (Å²) in [6.45, 7) is 6.61. The summed E-state index contributed by atoms with van der Waals surface area (Å²) in [7, 11) is 0. The summed E-state index contributed by atoms with van der Waals surface area (Å²) in [4.78, 5) is 2.65. The normalized spacial score (nSPS) is 33.6. The third kappa shape index (κ3) is 2.78. The molecule has 0 amide bonds. The molecule has 1 saturated heterocycles. The number of likely N-dealkylation sites (tertiary alicyclic amines) is 1. The number of aliphatic hydroxyl groups excluding tert-OH is 1. The van der Waals surface area contributed by atoms with Gasteiger partial charge in [-0.15, -0.1) is 0 Å². The minimum Gasteiger partial charge on any atom is -0.392 e. The van der Waals surface area contributed by atoms with Crippen molar-refractivity contribution < 1.29 is 5.11 Å². The van der Waals surface area contributed by atoms with Crippen molar-refractivity contribution in [1.29, 1.82) is 0 Å². The van der Waals surface area contributed by atoms with Crippen molar-refractivity contribution in [3.8, 4) is 0 Å². The highest BCUT2D eigenvalue weighted by Crippen LogP contribution is 2.33. The first-order valence-corrected chi connectivity index (χ1v) is 7.02. The molecule has 2 heteroatoms. The highest BCUT2D eigenvalue weighted by atomic mass is 16.3. The first-order chi connectivity index (χ1) is 7.59. The molecule has 0 aromatic carbocycles. The van der Waals surface area contributed by atoms with Gasteiger partial charge in [0.2, 0.25) is 0 Å². The summed E-state index contributed by atoms with van der Waals surface area (Å²) in [5.74, 6) is 0. The van der Waals surface area contributed by atoms with E-state index in [0.29, 0.717) is 0 Å². The topological polar surface area (TPSA) is 23.5 Å². The molecule has 0 bridgehead atoms. The minimum atomic E-state index is -0.102. The first kappa shape index (κ1) is 12.4. The lowest BCUT2D eigenvalue weighted by atomic mass is 9.80. The maximum atomic E-state index is 9.98. The van der Waals surface area contributed by atoms with E-state index in [2.05, 4.69) is 18.7 Å². The van der Waals surface area contributed by atoms with Crippen molar-refractivity contribution in [2.45, 2.75) is 70.9 Å². The third-order valence-electron chi connectivity index (χ3n) is 4.54. The van der Waals surface area contributed by atoms with Gasteiger partial charge in [-0.1, -0.05) is 39.5 Å². The van der Waals surface area contributed by atoms with Gasteiger partial charge in [0.25, 0.3) is 0 Å². The monoisotopic (exact) mass is 225 g/mol. The van der Waals surface area contributed by atoms with Crippen molar-refractivity contribution in [1.82, 2.24) is 4.90 Å². The zero-order valence-electron chi connectivity index (χ0n) is 10.9. The molecule has 1 atom stereocenters. The number of aliphatic hydroxyl groups is 1. The highest BCUT2D eigenvalue weighted by molar-refractivity contribution is 4.90. The quantitative estimate of drug-likeness (QED) is 0.694. The molecule has 2 nitrogen and oxygen atoms in total. The fourth-order valence-electron chi connectivity index (χ4n) is 3.32. The Bertz CT molecular complexity index is 219. The first-order valence-electron chi connectivity index (χ1n) is 7.02. The van der Waals surface area contributed by atoms with Gasteiger partial charge in [0.15, 0.2) is 0 Å². The molecule has 0 spiro atoms. The van der Waals surface area contributed by atoms with E-state index < -0.39 is 0 Å². The Morgan fingerprint density at radius 2 is 1.62 bits per heavy atom. The van der Waals surface area contributed by atoms with Crippen LogP contribution in [0.5, 0.6) is 0 Å². The van der Waals surface area contributed by atoms with Crippen LogP contribution < -0.4 is 0 Å². The minimum absolute atomic E-state index is 0.0879. The van der Waals surface area contributed by atoms with Crippen LogP contribution in [0.15, 0.2) is 0 Å². The molecule has 0 aromatic rings. The van der Waals surface area contributed by atoms with Gasteiger partial charge in [-0.3, -0.25) is 4.90 Å². The smallest absolute Gasteiger partial charge is 0.0615 e.